The minimum absolute atomic E-state index is 0.163. The average molecular weight is 440 g/mol. The molecule has 2 rings (SSSR count). The molecule has 0 radical (unpaired) electrons. The number of halogens is 2. The monoisotopic (exact) mass is 440 g/mol. The quantitative estimate of drug-likeness (QED) is 0.365. The van der Waals surface area contributed by atoms with Gasteiger partial charge in [-0.3, -0.25) is 9.63 Å². The highest BCUT2D eigenvalue weighted by atomic mass is 127. The number of hydrogen-bond donors (Lipinski definition) is 3. The Bertz CT molecular complexity index is 792. The molecule has 0 spiro atoms. The Balaban J connectivity index is 2.32. The van der Waals surface area contributed by atoms with Crippen LogP contribution >= 0.6 is 22.6 Å². The summed E-state index contributed by atoms with van der Waals surface area (Å²) in [5.74, 6) is -0.989. The summed E-state index contributed by atoms with van der Waals surface area (Å²) < 4.78 is 14.8. The lowest BCUT2D eigenvalue weighted by Gasteiger charge is -2.13. The highest BCUT2D eigenvalue weighted by Gasteiger charge is 2.14. The fourth-order valence-electron chi connectivity index (χ4n) is 1.88. The fraction of sp³-hybridized carbons (Fsp3) is 0.125. The molecule has 4 N–H and O–H groups in total. The average Bonchev–Trinajstić information content (AvgIpc) is 2.57. The number of amides is 1. The van der Waals surface area contributed by atoms with E-state index in [-0.39, 0.29) is 24.4 Å². The molecule has 0 unspecified atom stereocenters. The summed E-state index contributed by atoms with van der Waals surface area (Å²) in [6.45, 7) is 0.420. The number of rotatable bonds is 6. The predicted molar refractivity (Wildman–Crippen MR) is 96.0 cm³/mol. The van der Waals surface area contributed by atoms with Crippen LogP contribution in [0.2, 0.25) is 0 Å². The van der Waals surface area contributed by atoms with Gasteiger partial charge in [0.2, 0.25) is 0 Å². The molecule has 2 aromatic rings. The van der Waals surface area contributed by atoms with Gasteiger partial charge in [0, 0.05) is 10.1 Å². The van der Waals surface area contributed by atoms with Gasteiger partial charge in [0.15, 0.2) is 0 Å². The molecule has 24 heavy (non-hydrogen) atoms. The molecule has 0 atom stereocenters. The maximum Gasteiger partial charge on any atom is 0.276 e. The molecule has 2 aromatic carbocycles. The van der Waals surface area contributed by atoms with Gasteiger partial charge in [0.25, 0.3) is 5.91 Å². The molecule has 0 aliphatic heterocycles. The fourth-order valence-corrected chi connectivity index (χ4v) is 2.33. The zero-order valence-electron chi connectivity index (χ0n) is 12.5. The van der Waals surface area contributed by atoms with Crippen molar-refractivity contribution in [1.29, 1.82) is 5.26 Å². The summed E-state index contributed by atoms with van der Waals surface area (Å²) in [7, 11) is 0. The van der Waals surface area contributed by atoms with E-state index in [1.807, 2.05) is 28.7 Å². The molecule has 0 heterocycles. The molecule has 0 aliphatic rings. The van der Waals surface area contributed by atoms with Crippen LogP contribution in [0.4, 0.5) is 15.8 Å². The van der Waals surface area contributed by atoms with Gasteiger partial charge in [0.05, 0.1) is 35.2 Å². The van der Waals surface area contributed by atoms with Crippen molar-refractivity contribution in [3.63, 3.8) is 0 Å². The second-order valence-corrected chi connectivity index (χ2v) is 5.94. The number of nitrogens with zero attached hydrogens (tertiary/aromatic N) is 1. The van der Waals surface area contributed by atoms with E-state index in [1.54, 1.807) is 12.1 Å². The van der Waals surface area contributed by atoms with Crippen molar-refractivity contribution >= 4 is 39.9 Å². The van der Waals surface area contributed by atoms with Crippen LogP contribution < -0.4 is 16.5 Å². The molecule has 0 bridgehead atoms. The maximum atomic E-state index is 14.0. The lowest BCUT2D eigenvalue weighted by molar-refractivity contribution is 0.0344. The van der Waals surface area contributed by atoms with Gasteiger partial charge in [-0.15, -0.1) is 0 Å². The first-order valence-corrected chi connectivity index (χ1v) is 8.01. The van der Waals surface area contributed by atoms with Gasteiger partial charge in [-0.25, -0.2) is 9.87 Å². The Morgan fingerprint density at radius 3 is 2.75 bits per heavy atom. The largest absolute Gasteiger partial charge is 0.352 e. The van der Waals surface area contributed by atoms with E-state index < -0.39 is 11.7 Å². The van der Waals surface area contributed by atoms with Crippen LogP contribution in [0.1, 0.15) is 15.9 Å². The second-order valence-electron chi connectivity index (χ2n) is 4.69. The van der Waals surface area contributed by atoms with Gasteiger partial charge in [0.1, 0.15) is 5.82 Å². The Morgan fingerprint density at radius 2 is 2.08 bits per heavy atom. The first-order chi connectivity index (χ1) is 11.5. The topological polar surface area (TPSA) is 100 Å². The number of benzene rings is 2. The van der Waals surface area contributed by atoms with E-state index in [0.29, 0.717) is 11.3 Å². The Hall–Kier alpha value is -2.22. The number of anilines is 2. The number of hydroxylamine groups is 1. The lowest BCUT2D eigenvalue weighted by Crippen LogP contribution is -2.27. The normalized spacial score (nSPS) is 10.1. The number of nitrogens with two attached hydrogens (primary N) is 1. The highest BCUT2D eigenvalue weighted by molar-refractivity contribution is 14.1. The van der Waals surface area contributed by atoms with E-state index in [4.69, 9.17) is 15.8 Å². The molecule has 0 saturated heterocycles. The van der Waals surface area contributed by atoms with Crippen molar-refractivity contribution in [1.82, 2.24) is 5.48 Å². The molecule has 1 amide bonds. The molecule has 6 nitrogen and oxygen atoms in total. The van der Waals surface area contributed by atoms with Gasteiger partial charge in [-0.05, 0) is 59.0 Å². The standard InChI is InChI=1S/C16H14FIN4O2/c17-13-8-11(18)2-4-14(13)21-15-7-10(9-20)1-3-12(15)16(23)22-24-6-5-19/h1-4,7-8,21H,5-6,19H2,(H,22,23). The summed E-state index contributed by atoms with van der Waals surface area (Å²) >= 11 is 2.00. The van der Waals surface area contributed by atoms with Crippen molar-refractivity contribution in [3.05, 3.63) is 56.9 Å². The van der Waals surface area contributed by atoms with Crippen LogP contribution in [-0.2, 0) is 4.84 Å². The molecular formula is C16H14FIN4O2. The number of nitriles is 1. The highest BCUT2D eigenvalue weighted by Crippen LogP contribution is 2.25. The summed E-state index contributed by atoms with van der Waals surface area (Å²) in [4.78, 5) is 17.1. The zero-order valence-corrected chi connectivity index (χ0v) is 14.6. The summed E-state index contributed by atoms with van der Waals surface area (Å²) in [5.41, 5.74) is 8.57. The summed E-state index contributed by atoms with van der Waals surface area (Å²) in [6.07, 6.45) is 0. The van der Waals surface area contributed by atoms with Crippen LogP contribution in [0.3, 0.4) is 0 Å². The third-order valence-electron chi connectivity index (χ3n) is 2.98. The number of nitrogens with one attached hydrogen (secondary N) is 2. The Kier molecular flexibility index (Phi) is 6.48. The summed E-state index contributed by atoms with van der Waals surface area (Å²) in [6, 6.07) is 11.1. The van der Waals surface area contributed by atoms with Crippen molar-refractivity contribution < 1.29 is 14.0 Å². The van der Waals surface area contributed by atoms with Crippen LogP contribution in [0.15, 0.2) is 36.4 Å². The van der Waals surface area contributed by atoms with Crippen molar-refractivity contribution in [2.45, 2.75) is 0 Å². The minimum Gasteiger partial charge on any atom is -0.352 e. The van der Waals surface area contributed by atoms with Gasteiger partial charge >= 0.3 is 0 Å². The number of hydrogen-bond acceptors (Lipinski definition) is 5. The van der Waals surface area contributed by atoms with Crippen LogP contribution in [-0.4, -0.2) is 19.1 Å². The first kappa shape index (κ1) is 18.1. The molecule has 0 aromatic heterocycles. The van der Waals surface area contributed by atoms with Crippen molar-refractivity contribution in [3.8, 4) is 6.07 Å². The van der Waals surface area contributed by atoms with Gasteiger partial charge in [-0.2, -0.15) is 5.26 Å². The molecular weight excluding hydrogens is 426 g/mol. The van der Waals surface area contributed by atoms with Crippen molar-refractivity contribution in [2.24, 2.45) is 5.73 Å². The molecule has 124 valence electrons. The predicted octanol–water partition coefficient (Wildman–Crippen LogP) is 2.67. The van der Waals surface area contributed by atoms with E-state index in [0.717, 1.165) is 3.57 Å². The third-order valence-corrected chi connectivity index (χ3v) is 3.65. The van der Waals surface area contributed by atoms with Crippen LogP contribution in [0, 0.1) is 20.7 Å². The minimum atomic E-state index is -0.527. The van der Waals surface area contributed by atoms with Gasteiger partial charge in [-0.1, -0.05) is 0 Å². The first-order valence-electron chi connectivity index (χ1n) is 6.93. The van der Waals surface area contributed by atoms with E-state index in [1.165, 1.54) is 24.3 Å². The molecule has 0 saturated carbocycles. The third kappa shape index (κ3) is 4.64. The van der Waals surface area contributed by atoms with Crippen molar-refractivity contribution in [2.75, 3.05) is 18.5 Å². The smallest absolute Gasteiger partial charge is 0.276 e. The van der Waals surface area contributed by atoms with E-state index in [2.05, 4.69) is 10.8 Å². The molecule has 8 heteroatoms. The van der Waals surface area contributed by atoms with Crippen LogP contribution in [0.25, 0.3) is 0 Å². The SMILES string of the molecule is N#Cc1ccc(C(=O)NOCCN)c(Nc2ccc(I)cc2F)c1. The molecule has 0 fully saturated rings. The number of carbonyl (C=O) groups is 1. The zero-order chi connectivity index (χ0) is 17.5. The van der Waals surface area contributed by atoms with E-state index in [9.17, 15) is 9.18 Å². The maximum absolute atomic E-state index is 14.0. The second kappa shape index (κ2) is 8.58. The number of carbonyl (C=O) groups excluding carboxylic acids is 1. The lowest BCUT2D eigenvalue weighted by atomic mass is 10.1. The summed E-state index contributed by atoms with van der Waals surface area (Å²) in [5, 5.41) is 11.9. The Labute approximate surface area is 151 Å². The van der Waals surface area contributed by atoms with Crippen LogP contribution in [0.5, 0.6) is 0 Å². The Morgan fingerprint density at radius 1 is 1.29 bits per heavy atom. The molecule has 0 aliphatic carbocycles. The van der Waals surface area contributed by atoms with E-state index >= 15 is 0 Å². The van der Waals surface area contributed by atoms with Gasteiger partial charge < -0.3 is 11.1 Å².